The normalized spacial score (nSPS) is 13.5. The molecule has 1 saturated heterocycles. The molecule has 2 aromatic carbocycles. The highest BCUT2D eigenvalue weighted by Gasteiger charge is 2.13. The Kier molecular flexibility index (Phi) is 5.87. The van der Waals surface area contributed by atoms with Crippen LogP contribution in [0.5, 0.6) is 5.75 Å². The van der Waals surface area contributed by atoms with E-state index in [0.29, 0.717) is 6.61 Å². The van der Waals surface area contributed by atoms with Crippen molar-refractivity contribution in [2.45, 2.75) is 25.9 Å². The molecule has 0 spiro atoms. The third-order valence-corrected chi connectivity index (χ3v) is 5.54. The number of aromatic nitrogens is 1. The number of rotatable bonds is 7. The molecule has 0 aliphatic carbocycles. The van der Waals surface area contributed by atoms with Crippen molar-refractivity contribution in [3.63, 3.8) is 0 Å². The summed E-state index contributed by atoms with van der Waals surface area (Å²) in [7, 11) is 0. The average Bonchev–Trinajstić information content (AvgIpc) is 3.40. The van der Waals surface area contributed by atoms with E-state index in [-0.39, 0.29) is 12.3 Å². The van der Waals surface area contributed by atoms with Gasteiger partial charge in [0.05, 0.1) is 12.1 Å². The molecule has 0 radical (unpaired) electrons. The third-order valence-electron chi connectivity index (χ3n) is 4.67. The summed E-state index contributed by atoms with van der Waals surface area (Å²) in [5.74, 6) is 0.754. The van der Waals surface area contributed by atoms with Gasteiger partial charge in [-0.2, -0.15) is 0 Å². The number of para-hydroxylation sites is 1. The molecule has 144 valence electrons. The molecular formula is C22H23N3O2S. The summed E-state index contributed by atoms with van der Waals surface area (Å²) in [4.78, 5) is 19.2. The Morgan fingerprint density at radius 1 is 1.07 bits per heavy atom. The van der Waals surface area contributed by atoms with Gasteiger partial charge in [-0.3, -0.25) is 4.79 Å². The highest BCUT2D eigenvalue weighted by Crippen LogP contribution is 2.22. The zero-order valence-electron chi connectivity index (χ0n) is 15.6. The van der Waals surface area contributed by atoms with Crippen LogP contribution in [0.1, 0.15) is 23.5 Å². The van der Waals surface area contributed by atoms with E-state index in [9.17, 15) is 4.79 Å². The molecule has 3 aromatic rings. The molecule has 6 heteroatoms. The zero-order chi connectivity index (χ0) is 19.2. The lowest BCUT2D eigenvalue weighted by molar-refractivity contribution is -0.115. The predicted octanol–water partition coefficient (Wildman–Crippen LogP) is 4.50. The summed E-state index contributed by atoms with van der Waals surface area (Å²) < 4.78 is 5.70. The Labute approximate surface area is 169 Å². The van der Waals surface area contributed by atoms with E-state index in [1.165, 1.54) is 29.9 Å². The number of carbonyl (C=O) groups excluding carboxylic acids is 1. The number of amides is 1. The summed E-state index contributed by atoms with van der Waals surface area (Å²) in [6, 6.07) is 17.7. The van der Waals surface area contributed by atoms with Crippen molar-refractivity contribution in [2.24, 2.45) is 0 Å². The molecule has 0 saturated carbocycles. The Bertz CT molecular complexity index is 903. The van der Waals surface area contributed by atoms with Gasteiger partial charge in [0.25, 0.3) is 0 Å². The van der Waals surface area contributed by atoms with Crippen LogP contribution < -0.4 is 15.0 Å². The van der Waals surface area contributed by atoms with E-state index in [4.69, 9.17) is 4.74 Å². The molecule has 1 aliphatic heterocycles. The summed E-state index contributed by atoms with van der Waals surface area (Å²) in [5, 5.41) is 5.73. The van der Waals surface area contributed by atoms with E-state index >= 15 is 0 Å². The van der Waals surface area contributed by atoms with Gasteiger partial charge in [0, 0.05) is 29.8 Å². The number of nitrogens with one attached hydrogen (secondary N) is 1. The van der Waals surface area contributed by atoms with Crippen molar-refractivity contribution in [3.05, 3.63) is 70.7 Å². The molecule has 0 unspecified atom stereocenters. The van der Waals surface area contributed by atoms with E-state index < -0.39 is 0 Å². The van der Waals surface area contributed by atoms with Crippen molar-refractivity contribution in [2.75, 3.05) is 23.3 Å². The summed E-state index contributed by atoms with van der Waals surface area (Å²) >= 11 is 1.51. The van der Waals surface area contributed by atoms with E-state index in [0.717, 1.165) is 35.2 Å². The van der Waals surface area contributed by atoms with Crippen LogP contribution in [0.4, 0.5) is 11.4 Å². The fourth-order valence-corrected chi connectivity index (χ4v) is 3.96. The van der Waals surface area contributed by atoms with Crippen LogP contribution in [0.25, 0.3) is 0 Å². The molecule has 1 amide bonds. The largest absolute Gasteiger partial charge is 0.486 e. The van der Waals surface area contributed by atoms with Crippen molar-refractivity contribution in [3.8, 4) is 5.75 Å². The minimum atomic E-state index is -0.0604. The highest BCUT2D eigenvalue weighted by molar-refractivity contribution is 7.09. The SMILES string of the molecule is O=C(Cc1csc(COc2ccccc2)n1)Nc1ccc(N2CCCC2)cc1. The van der Waals surface area contributed by atoms with Gasteiger partial charge >= 0.3 is 0 Å². The van der Waals surface area contributed by atoms with Crippen LogP contribution in [0.2, 0.25) is 0 Å². The first kappa shape index (κ1) is 18.5. The zero-order valence-corrected chi connectivity index (χ0v) is 16.5. The highest BCUT2D eigenvalue weighted by atomic mass is 32.1. The molecule has 5 nitrogen and oxygen atoms in total. The molecule has 1 fully saturated rings. The maximum atomic E-state index is 12.3. The van der Waals surface area contributed by atoms with Crippen LogP contribution in [-0.4, -0.2) is 24.0 Å². The molecule has 4 rings (SSSR count). The first-order valence-electron chi connectivity index (χ1n) is 9.52. The van der Waals surface area contributed by atoms with E-state index in [1.54, 1.807) is 0 Å². The average molecular weight is 394 g/mol. The van der Waals surface area contributed by atoms with Gasteiger partial charge < -0.3 is 15.0 Å². The smallest absolute Gasteiger partial charge is 0.230 e. The minimum absolute atomic E-state index is 0.0604. The van der Waals surface area contributed by atoms with Gasteiger partial charge in [-0.1, -0.05) is 18.2 Å². The van der Waals surface area contributed by atoms with Gasteiger partial charge in [-0.05, 0) is 49.2 Å². The Morgan fingerprint density at radius 3 is 2.57 bits per heavy atom. The maximum absolute atomic E-state index is 12.3. The molecule has 28 heavy (non-hydrogen) atoms. The lowest BCUT2D eigenvalue weighted by Gasteiger charge is -2.17. The third kappa shape index (κ3) is 4.89. The Balaban J connectivity index is 1.27. The second-order valence-electron chi connectivity index (χ2n) is 6.80. The number of thiazole rings is 1. The second kappa shape index (κ2) is 8.89. The number of hydrogen-bond acceptors (Lipinski definition) is 5. The quantitative estimate of drug-likeness (QED) is 0.642. The molecule has 1 N–H and O–H groups in total. The van der Waals surface area contributed by atoms with Gasteiger partial charge in [-0.15, -0.1) is 11.3 Å². The summed E-state index contributed by atoms with van der Waals surface area (Å²) in [5.41, 5.74) is 2.80. The van der Waals surface area contributed by atoms with Crippen LogP contribution in [-0.2, 0) is 17.8 Å². The van der Waals surface area contributed by atoms with Crippen LogP contribution in [0, 0.1) is 0 Å². The summed E-state index contributed by atoms with van der Waals surface area (Å²) in [6.07, 6.45) is 2.77. The lowest BCUT2D eigenvalue weighted by atomic mass is 10.2. The number of carbonyl (C=O) groups is 1. The fraction of sp³-hybridized carbons (Fsp3) is 0.273. The number of ether oxygens (including phenoxy) is 1. The number of nitrogens with zero attached hydrogens (tertiary/aromatic N) is 2. The van der Waals surface area contributed by atoms with Crippen LogP contribution >= 0.6 is 11.3 Å². The van der Waals surface area contributed by atoms with Gasteiger partial charge in [-0.25, -0.2) is 4.98 Å². The molecule has 0 atom stereocenters. The lowest BCUT2D eigenvalue weighted by Crippen LogP contribution is -2.18. The number of hydrogen-bond donors (Lipinski definition) is 1. The van der Waals surface area contributed by atoms with E-state index in [1.807, 2.05) is 47.8 Å². The van der Waals surface area contributed by atoms with E-state index in [2.05, 4.69) is 27.3 Å². The molecule has 1 aromatic heterocycles. The van der Waals surface area contributed by atoms with Crippen molar-refractivity contribution < 1.29 is 9.53 Å². The molecule has 0 bridgehead atoms. The topological polar surface area (TPSA) is 54.5 Å². The van der Waals surface area contributed by atoms with Crippen molar-refractivity contribution >= 4 is 28.6 Å². The van der Waals surface area contributed by atoms with Crippen LogP contribution in [0.3, 0.4) is 0 Å². The van der Waals surface area contributed by atoms with Gasteiger partial charge in [0.1, 0.15) is 17.4 Å². The first-order valence-corrected chi connectivity index (χ1v) is 10.4. The monoisotopic (exact) mass is 393 g/mol. The molecule has 1 aliphatic rings. The second-order valence-corrected chi connectivity index (χ2v) is 7.74. The minimum Gasteiger partial charge on any atom is -0.486 e. The fourth-order valence-electron chi connectivity index (χ4n) is 3.26. The summed E-state index contributed by atoms with van der Waals surface area (Å²) in [6.45, 7) is 2.64. The van der Waals surface area contributed by atoms with Gasteiger partial charge in [0.15, 0.2) is 0 Å². The molecule has 2 heterocycles. The maximum Gasteiger partial charge on any atom is 0.230 e. The first-order chi connectivity index (χ1) is 13.8. The predicted molar refractivity (Wildman–Crippen MR) is 113 cm³/mol. The number of anilines is 2. The number of benzene rings is 2. The van der Waals surface area contributed by atoms with Gasteiger partial charge in [0.2, 0.25) is 5.91 Å². The Morgan fingerprint density at radius 2 is 1.82 bits per heavy atom. The van der Waals surface area contributed by atoms with Crippen molar-refractivity contribution in [1.29, 1.82) is 0 Å². The Hall–Kier alpha value is -2.86. The van der Waals surface area contributed by atoms with Crippen molar-refractivity contribution in [1.82, 2.24) is 4.98 Å². The standard InChI is InChI=1S/C22H23N3O2S/c26-21(23-17-8-10-19(11-9-17)25-12-4-5-13-25)14-18-16-28-22(24-18)15-27-20-6-2-1-3-7-20/h1-3,6-11,16H,4-5,12-15H2,(H,23,26). The van der Waals surface area contributed by atoms with Crippen LogP contribution in [0.15, 0.2) is 60.0 Å². The molecular weight excluding hydrogens is 370 g/mol.